The van der Waals surface area contributed by atoms with Crippen LogP contribution in [0.3, 0.4) is 0 Å². The van der Waals surface area contributed by atoms with Gasteiger partial charge in [0.15, 0.2) is 0 Å². The van der Waals surface area contributed by atoms with Crippen molar-refractivity contribution >= 4 is 23.4 Å². The summed E-state index contributed by atoms with van der Waals surface area (Å²) in [6.07, 6.45) is 2.07. The number of carbonyl (C=O) groups is 2. The average molecular weight is 281 g/mol. The summed E-state index contributed by atoms with van der Waals surface area (Å²) in [5, 5.41) is 0.293. The molecule has 1 saturated heterocycles. The van der Waals surface area contributed by atoms with Gasteiger partial charge in [0.1, 0.15) is 5.15 Å². The highest BCUT2D eigenvalue weighted by Gasteiger charge is 2.33. The molecule has 1 aromatic rings. The number of rotatable bonds is 3. The van der Waals surface area contributed by atoms with Crippen molar-refractivity contribution in [3.05, 3.63) is 28.5 Å². The number of aromatic nitrogens is 1. The Balaban J connectivity index is 2.25. The number of likely N-dealkylation sites (tertiary alicyclic amines) is 1. The normalized spacial score (nSPS) is 19.0. The lowest BCUT2D eigenvalue weighted by Crippen LogP contribution is -2.32. The van der Waals surface area contributed by atoms with E-state index in [1.807, 2.05) is 13.8 Å². The molecule has 4 nitrogen and oxygen atoms in total. The van der Waals surface area contributed by atoms with Gasteiger partial charge >= 0.3 is 0 Å². The lowest BCUT2D eigenvalue weighted by Gasteiger charge is -2.15. The third-order valence-corrected chi connectivity index (χ3v) is 3.68. The van der Waals surface area contributed by atoms with Gasteiger partial charge in [-0.25, -0.2) is 4.98 Å². The Hall–Kier alpha value is -1.42. The van der Waals surface area contributed by atoms with Crippen molar-refractivity contribution in [1.82, 2.24) is 9.88 Å². The van der Waals surface area contributed by atoms with Crippen molar-refractivity contribution in [2.24, 2.45) is 5.92 Å². The third kappa shape index (κ3) is 2.95. The molecule has 0 spiro atoms. The van der Waals surface area contributed by atoms with E-state index in [4.69, 9.17) is 11.6 Å². The van der Waals surface area contributed by atoms with Crippen molar-refractivity contribution in [1.29, 1.82) is 0 Å². The van der Waals surface area contributed by atoms with E-state index < -0.39 is 0 Å². The second kappa shape index (κ2) is 5.70. The molecule has 0 saturated carbocycles. The number of hydrogen-bond donors (Lipinski definition) is 0. The highest BCUT2D eigenvalue weighted by atomic mass is 35.5. The summed E-state index contributed by atoms with van der Waals surface area (Å²) in [5.41, 5.74) is 1.21. The number of halogens is 1. The Kier molecular flexibility index (Phi) is 4.20. The molecule has 1 fully saturated rings. The smallest absolute Gasteiger partial charge is 0.260 e. The van der Waals surface area contributed by atoms with E-state index in [0.717, 1.165) is 12.1 Å². The molecule has 1 unspecified atom stereocenters. The van der Waals surface area contributed by atoms with E-state index in [0.29, 0.717) is 30.1 Å². The maximum atomic E-state index is 12.4. The van der Waals surface area contributed by atoms with E-state index in [1.165, 1.54) is 11.0 Å². The Morgan fingerprint density at radius 1 is 1.47 bits per heavy atom. The zero-order chi connectivity index (χ0) is 14.0. The van der Waals surface area contributed by atoms with Gasteiger partial charge in [-0.1, -0.05) is 31.9 Å². The molecule has 0 N–H and O–H groups in total. The molecule has 2 amide bonds. The van der Waals surface area contributed by atoms with Crippen LogP contribution in [0.2, 0.25) is 5.15 Å². The van der Waals surface area contributed by atoms with Crippen LogP contribution in [0, 0.1) is 5.92 Å². The van der Waals surface area contributed by atoms with Crippen LogP contribution < -0.4 is 0 Å². The fourth-order valence-electron chi connectivity index (χ4n) is 2.26. The summed E-state index contributed by atoms with van der Waals surface area (Å²) in [7, 11) is 0. The Morgan fingerprint density at radius 2 is 2.21 bits per heavy atom. The van der Waals surface area contributed by atoms with Crippen molar-refractivity contribution < 1.29 is 9.59 Å². The van der Waals surface area contributed by atoms with Crippen LogP contribution in [0.1, 0.15) is 42.7 Å². The van der Waals surface area contributed by atoms with Crippen LogP contribution >= 0.6 is 11.6 Å². The molecule has 1 aromatic heterocycles. The zero-order valence-electron chi connectivity index (χ0n) is 11.1. The molecule has 19 heavy (non-hydrogen) atoms. The van der Waals surface area contributed by atoms with Gasteiger partial charge in [-0.15, -0.1) is 0 Å². The predicted octanol–water partition coefficient (Wildman–Crippen LogP) is 2.70. The number of amides is 2. The van der Waals surface area contributed by atoms with Crippen LogP contribution in [-0.4, -0.2) is 28.2 Å². The lowest BCUT2D eigenvalue weighted by molar-refractivity contribution is -0.125. The monoisotopic (exact) mass is 280 g/mol. The molecule has 102 valence electrons. The molecule has 1 aliphatic heterocycles. The highest BCUT2D eigenvalue weighted by Crippen LogP contribution is 2.23. The van der Waals surface area contributed by atoms with Crippen LogP contribution in [0.4, 0.5) is 0 Å². The zero-order valence-corrected chi connectivity index (χ0v) is 11.9. The number of pyridine rings is 1. The second-order valence-corrected chi connectivity index (χ2v) is 5.20. The number of imide groups is 1. The van der Waals surface area contributed by atoms with E-state index in [1.54, 1.807) is 6.07 Å². The standard InChI is InChI=1S/C14H17ClN2O2/c1-3-9-5-13(18)17(8-9)14(19)10-6-11(4-2)16-12(15)7-10/h6-7,9H,3-5,8H2,1-2H3. The second-order valence-electron chi connectivity index (χ2n) is 4.81. The lowest BCUT2D eigenvalue weighted by atomic mass is 10.1. The fraction of sp³-hybridized carbons (Fsp3) is 0.500. The highest BCUT2D eigenvalue weighted by molar-refractivity contribution is 6.29. The first kappa shape index (κ1) is 14.0. The summed E-state index contributed by atoms with van der Waals surface area (Å²) in [5.74, 6) is -0.0813. The van der Waals surface area contributed by atoms with Crippen molar-refractivity contribution in [3.63, 3.8) is 0 Å². The third-order valence-electron chi connectivity index (χ3n) is 3.48. The van der Waals surface area contributed by atoms with Gasteiger partial charge in [0.25, 0.3) is 5.91 Å². The molecule has 5 heteroatoms. The molecule has 0 aromatic carbocycles. The van der Waals surface area contributed by atoms with Crippen LogP contribution in [0.5, 0.6) is 0 Å². The topological polar surface area (TPSA) is 50.3 Å². The summed E-state index contributed by atoms with van der Waals surface area (Å²) in [6.45, 7) is 4.49. The predicted molar refractivity (Wildman–Crippen MR) is 73.1 cm³/mol. The minimum atomic E-state index is -0.264. The van der Waals surface area contributed by atoms with Gasteiger partial charge in [0, 0.05) is 24.2 Å². The van der Waals surface area contributed by atoms with Gasteiger partial charge in [-0.3, -0.25) is 14.5 Å². The average Bonchev–Trinajstić information content (AvgIpc) is 2.78. The summed E-state index contributed by atoms with van der Waals surface area (Å²) < 4.78 is 0. The summed E-state index contributed by atoms with van der Waals surface area (Å²) >= 11 is 5.91. The minimum absolute atomic E-state index is 0.0946. The Labute approximate surface area is 117 Å². The minimum Gasteiger partial charge on any atom is -0.278 e. The van der Waals surface area contributed by atoms with Crippen LogP contribution in [0.15, 0.2) is 12.1 Å². The van der Waals surface area contributed by atoms with E-state index in [2.05, 4.69) is 4.98 Å². The van der Waals surface area contributed by atoms with E-state index >= 15 is 0 Å². The maximum Gasteiger partial charge on any atom is 0.260 e. The first-order chi connectivity index (χ1) is 9.05. The van der Waals surface area contributed by atoms with E-state index in [-0.39, 0.29) is 17.7 Å². The van der Waals surface area contributed by atoms with Crippen LogP contribution in [-0.2, 0) is 11.2 Å². The molecule has 0 bridgehead atoms. The van der Waals surface area contributed by atoms with Gasteiger partial charge < -0.3 is 0 Å². The number of nitrogens with zero attached hydrogens (tertiary/aromatic N) is 2. The first-order valence-electron chi connectivity index (χ1n) is 6.56. The molecule has 1 atom stereocenters. The quantitative estimate of drug-likeness (QED) is 0.632. The van der Waals surface area contributed by atoms with Gasteiger partial charge in [0.2, 0.25) is 5.91 Å². The molecule has 1 aliphatic rings. The van der Waals surface area contributed by atoms with Gasteiger partial charge in [-0.05, 0) is 24.5 Å². The SMILES string of the molecule is CCc1cc(C(=O)N2CC(CC)CC2=O)cc(Cl)n1. The molecular formula is C14H17ClN2O2. The number of hydrogen-bond acceptors (Lipinski definition) is 3. The van der Waals surface area contributed by atoms with Crippen molar-refractivity contribution in [2.75, 3.05) is 6.54 Å². The van der Waals surface area contributed by atoms with E-state index in [9.17, 15) is 9.59 Å². The van der Waals surface area contributed by atoms with Crippen molar-refractivity contribution in [3.8, 4) is 0 Å². The summed E-state index contributed by atoms with van der Waals surface area (Å²) in [4.78, 5) is 29.7. The van der Waals surface area contributed by atoms with Crippen LogP contribution in [0.25, 0.3) is 0 Å². The maximum absolute atomic E-state index is 12.4. The Morgan fingerprint density at radius 3 is 2.79 bits per heavy atom. The molecule has 0 aliphatic carbocycles. The van der Waals surface area contributed by atoms with Gasteiger partial charge in [0.05, 0.1) is 0 Å². The van der Waals surface area contributed by atoms with Gasteiger partial charge in [-0.2, -0.15) is 0 Å². The summed E-state index contributed by atoms with van der Waals surface area (Å²) in [6, 6.07) is 3.23. The largest absolute Gasteiger partial charge is 0.278 e. The molecule has 0 radical (unpaired) electrons. The van der Waals surface area contributed by atoms with Crippen molar-refractivity contribution in [2.45, 2.75) is 33.1 Å². The number of aryl methyl sites for hydroxylation is 1. The fourth-order valence-corrected chi connectivity index (χ4v) is 2.49. The first-order valence-corrected chi connectivity index (χ1v) is 6.94. The number of carbonyl (C=O) groups excluding carboxylic acids is 2. The molecule has 2 rings (SSSR count). The molecular weight excluding hydrogens is 264 g/mol. The molecule has 2 heterocycles. The Bertz CT molecular complexity index is 516.